The van der Waals surface area contributed by atoms with Gasteiger partial charge in [0.25, 0.3) is 20.2 Å². The predicted octanol–water partition coefficient (Wildman–Crippen LogP) is 0.801. The molecule has 0 rings (SSSR count). The molecule has 98 valence electrons. The van der Waals surface area contributed by atoms with Crippen LogP contribution in [0.4, 0.5) is 0 Å². The van der Waals surface area contributed by atoms with E-state index in [1.165, 1.54) is 0 Å². The monoisotopic (exact) mass is 274 g/mol. The Bertz CT molecular complexity index is 369. The van der Waals surface area contributed by atoms with Gasteiger partial charge in [0.05, 0.1) is 18.1 Å². The molecule has 0 bridgehead atoms. The molecule has 0 atom stereocenters. The van der Waals surface area contributed by atoms with Crippen LogP contribution in [0, 0.1) is 0 Å². The highest BCUT2D eigenvalue weighted by Crippen LogP contribution is 2.02. The van der Waals surface area contributed by atoms with E-state index >= 15 is 0 Å². The third-order valence-electron chi connectivity index (χ3n) is 1.81. The van der Waals surface area contributed by atoms with Crippen molar-refractivity contribution in [3.8, 4) is 0 Å². The normalized spacial score (nSPS) is 12.9. The standard InChI is InChI=1S/C8H18O6S2/c1-2-3-8-16(12,13)14-6-4-5-7-15(9,10)11/h2-8H2,1H3,(H,9,10,11). The molecule has 0 aliphatic carbocycles. The van der Waals surface area contributed by atoms with Gasteiger partial charge in [0.2, 0.25) is 0 Å². The summed E-state index contributed by atoms with van der Waals surface area (Å²) >= 11 is 0. The first-order chi connectivity index (χ1) is 7.27. The zero-order valence-corrected chi connectivity index (χ0v) is 10.9. The Morgan fingerprint density at radius 2 is 1.62 bits per heavy atom. The van der Waals surface area contributed by atoms with Crippen molar-refractivity contribution >= 4 is 20.2 Å². The third-order valence-corrected chi connectivity index (χ3v) is 3.93. The maximum atomic E-state index is 11.2. The van der Waals surface area contributed by atoms with Crippen LogP contribution in [0.2, 0.25) is 0 Å². The smallest absolute Gasteiger partial charge is 0.267 e. The van der Waals surface area contributed by atoms with Crippen molar-refractivity contribution < 1.29 is 25.6 Å². The highest BCUT2D eigenvalue weighted by molar-refractivity contribution is 7.86. The van der Waals surface area contributed by atoms with Crippen molar-refractivity contribution in [3.63, 3.8) is 0 Å². The van der Waals surface area contributed by atoms with Gasteiger partial charge in [0.1, 0.15) is 0 Å². The predicted molar refractivity (Wildman–Crippen MR) is 60.3 cm³/mol. The second kappa shape index (κ2) is 7.21. The summed E-state index contributed by atoms with van der Waals surface area (Å²) in [5, 5.41) is 0. The quantitative estimate of drug-likeness (QED) is 0.379. The zero-order chi connectivity index (χ0) is 12.7. The minimum Gasteiger partial charge on any atom is -0.286 e. The Kier molecular flexibility index (Phi) is 7.12. The van der Waals surface area contributed by atoms with Crippen LogP contribution in [0.25, 0.3) is 0 Å². The summed E-state index contributed by atoms with van der Waals surface area (Å²) in [6, 6.07) is 0. The molecule has 0 aromatic carbocycles. The molecule has 0 aromatic heterocycles. The van der Waals surface area contributed by atoms with Crippen LogP contribution in [-0.4, -0.2) is 39.5 Å². The summed E-state index contributed by atoms with van der Waals surface area (Å²) in [6.07, 6.45) is 1.78. The maximum Gasteiger partial charge on any atom is 0.267 e. The summed E-state index contributed by atoms with van der Waals surface area (Å²) in [5.74, 6) is -0.382. The second-order valence-corrected chi connectivity index (χ2v) is 6.76. The first kappa shape index (κ1) is 15.8. The van der Waals surface area contributed by atoms with Gasteiger partial charge in [-0.15, -0.1) is 0 Å². The molecule has 16 heavy (non-hydrogen) atoms. The Morgan fingerprint density at radius 1 is 1.00 bits per heavy atom. The van der Waals surface area contributed by atoms with Gasteiger partial charge < -0.3 is 0 Å². The van der Waals surface area contributed by atoms with Crippen molar-refractivity contribution in [3.05, 3.63) is 0 Å². The molecule has 0 aliphatic rings. The lowest BCUT2D eigenvalue weighted by Crippen LogP contribution is -2.12. The number of rotatable bonds is 9. The summed E-state index contributed by atoms with van der Waals surface area (Å²) in [5.41, 5.74) is 0. The van der Waals surface area contributed by atoms with Gasteiger partial charge in [-0.05, 0) is 19.3 Å². The molecular formula is C8H18O6S2. The zero-order valence-electron chi connectivity index (χ0n) is 9.25. The Labute approximate surface area is 96.9 Å². The van der Waals surface area contributed by atoms with Crippen LogP contribution in [0.3, 0.4) is 0 Å². The van der Waals surface area contributed by atoms with Gasteiger partial charge >= 0.3 is 0 Å². The first-order valence-electron chi connectivity index (χ1n) is 5.09. The fourth-order valence-electron chi connectivity index (χ4n) is 0.952. The van der Waals surface area contributed by atoms with Crippen LogP contribution >= 0.6 is 0 Å². The number of hydrogen-bond donors (Lipinski definition) is 1. The number of unbranched alkanes of at least 4 members (excludes halogenated alkanes) is 2. The van der Waals surface area contributed by atoms with Crippen molar-refractivity contribution in [1.29, 1.82) is 0 Å². The summed E-state index contributed by atoms with van der Waals surface area (Å²) in [4.78, 5) is 0. The second-order valence-electron chi connectivity index (χ2n) is 3.43. The van der Waals surface area contributed by atoms with Gasteiger partial charge in [-0.25, -0.2) is 0 Å². The molecule has 8 heteroatoms. The van der Waals surface area contributed by atoms with E-state index in [4.69, 9.17) is 4.55 Å². The average molecular weight is 274 g/mol. The van der Waals surface area contributed by atoms with E-state index in [0.717, 1.165) is 6.42 Å². The molecule has 0 aliphatic heterocycles. The Hall–Kier alpha value is -0.180. The summed E-state index contributed by atoms with van der Waals surface area (Å²) in [6.45, 7) is 1.84. The molecular weight excluding hydrogens is 256 g/mol. The van der Waals surface area contributed by atoms with E-state index in [0.29, 0.717) is 6.42 Å². The Morgan fingerprint density at radius 3 is 2.12 bits per heavy atom. The lowest BCUT2D eigenvalue weighted by atomic mass is 10.4. The van der Waals surface area contributed by atoms with E-state index in [1.54, 1.807) is 0 Å². The van der Waals surface area contributed by atoms with Gasteiger partial charge in [0.15, 0.2) is 0 Å². The SMILES string of the molecule is CCCCS(=O)(=O)OCCCCS(=O)(=O)O. The molecule has 0 aromatic rings. The molecule has 0 saturated carbocycles. The minimum atomic E-state index is -3.96. The van der Waals surface area contributed by atoms with Gasteiger partial charge in [0, 0.05) is 0 Å². The molecule has 0 spiro atoms. The van der Waals surface area contributed by atoms with E-state index in [2.05, 4.69) is 4.18 Å². The van der Waals surface area contributed by atoms with Gasteiger partial charge in [-0.3, -0.25) is 8.74 Å². The van der Waals surface area contributed by atoms with Crippen LogP contribution < -0.4 is 0 Å². The molecule has 0 amide bonds. The molecule has 0 heterocycles. The summed E-state index contributed by atoms with van der Waals surface area (Å²) < 4.78 is 56.0. The number of hydrogen-bond acceptors (Lipinski definition) is 5. The van der Waals surface area contributed by atoms with Crippen LogP contribution in [0.1, 0.15) is 32.6 Å². The van der Waals surface area contributed by atoms with E-state index in [-0.39, 0.29) is 31.0 Å². The maximum absolute atomic E-state index is 11.2. The van der Waals surface area contributed by atoms with E-state index in [9.17, 15) is 16.8 Å². The molecule has 0 fully saturated rings. The molecule has 1 N–H and O–H groups in total. The third kappa shape index (κ3) is 10.3. The Balaban J connectivity index is 3.66. The largest absolute Gasteiger partial charge is 0.286 e. The van der Waals surface area contributed by atoms with Crippen LogP contribution in [-0.2, 0) is 24.4 Å². The van der Waals surface area contributed by atoms with Crippen molar-refractivity contribution in [2.75, 3.05) is 18.1 Å². The lowest BCUT2D eigenvalue weighted by molar-refractivity contribution is 0.310. The van der Waals surface area contributed by atoms with Crippen LogP contribution in [0.15, 0.2) is 0 Å². The van der Waals surface area contributed by atoms with E-state index < -0.39 is 20.2 Å². The topological polar surface area (TPSA) is 97.7 Å². The molecule has 0 unspecified atom stereocenters. The first-order valence-corrected chi connectivity index (χ1v) is 8.28. The van der Waals surface area contributed by atoms with Gasteiger partial charge in [-0.2, -0.15) is 16.8 Å². The molecule has 0 saturated heterocycles. The molecule has 6 nitrogen and oxygen atoms in total. The average Bonchev–Trinajstić information content (AvgIpc) is 2.12. The van der Waals surface area contributed by atoms with Crippen molar-refractivity contribution in [2.24, 2.45) is 0 Å². The van der Waals surface area contributed by atoms with Crippen molar-refractivity contribution in [1.82, 2.24) is 0 Å². The summed E-state index contributed by atoms with van der Waals surface area (Å²) in [7, 11) is -7.43. The van der Waals surface area contributed by atoms with Crippen molar-refractivity contribution in [2.45, 2.75) is 32.6 Å². The lowest BCUT2D eigenvalue weighted by Gasteiger charge is -2.04. The fraction of sp³-hybridized carbons (Fsp3) is 1.00. The van der Waals surface area contributed by atoms with Gasteiger partial charge in [-0.1, -0.05) is 13.3 Å². The molecule has 0 radical (unpaired) electrons. The highest BCUT2D eigenvalue weighted by Gasteiger charge is 2.10. The highest BCUT2D eigenvalue weighted by atomic mass is 32.2. The van der Waals surface area contributed by atoms with E-state index in [1.807, 2.05) is 6.92 Å². The fourth-order valence-corrected chi connectivity index (χ4v) is 2.65. The minimum absolute atomic E-state index is 0.0121. The van der Waals surface area contributed by atoms with Crippen LogP contribution in [0.5, 0.6) is 0 Å².